The molecule has 4 heterocycles. The quantitative estimate of drug-likeness (QED) is 0.107. The minimum atomic E-state index is -0.347. The molecule has 3 aromatic carbocycles. The van der Waals surface area contributed by atoms with Gasteiger partial charge in [0.25, 0.3) is 0 Å². The van der Waals surface area contributed by atoms with Gasteiger partial charge in [0.05, 0.1) is 42.7 Å². The zero-order valence-corrected chi connectivity index (χ0v) is 30.4. The number of hydrogen-bond donors (Lipinski definition) is 0. The van der Waals surface area contributed by atoms with Gasteiger partial charge in [0.15, 0.2) is 0 Å². The van der Waals surface area contributed by atoms with Gasteiger partial charge in [-0.3, -0.25) is 9.58 Å². The lowest BCUT2D eigenvalue weighted by molar-refractivity contribution is 0.00973. The van der Waals surface area contributed by atoms with Crippen LogP contribution in [0.3, 0.4) is 0 Å². The van der Waals surface area contributed by atoms with Crippen LogP contribution in [0.25, 0.3) is 32.8 Å². The van der Waals surface area contributed by atoms with Gasteiger partial charge in [0.1, 0.15) is 23.4 Å². The first-order valence-corrected chi connectivity index (χ1v) is 18.5. The van der Waals surface area contributed by atoms with Crippen LogP contribution >= 0.6 is 11.6 Å². The van der Waals surface area contributed by atoms with Crippen molar-refractivity contribution in [1.29, 1.82) is 0 Å². The normalized spacial score (nSPS) is 17.0. The molecule has 9 nitrogen and oxygen atoms in total. The Morgan fingerprint density at radius 1 is 1.04 bits per heavy atom. The second-order valence-corrected chi connectivity index (χ2v) is 13.8. The van der Waals surface area contributed by atoms with Crippen LogP contribution in [0.1, 0.15) is 66.2 Å². The molecule has 7 rings (SSSR count). The summed E-state index contributed by atoms with van der Waals surface area (Å²) in [7, 11) is 1.96. The van der Waals surface area contributed by atoms with Gasteiger partial charge in [-0.05, 0) is 87.2 Å². The van der Waals surface area contributed by atoms with E-state index in [1.165, 1.54) is 12.1 Å². The second-order valence-electron chi connectivity index (χ2n) is 13.4. The third kappa shape index (κ3) is 7.24. The zero-order valence-electron chi connectivity index (χ0n) is 29.7. The first-order chi connectivity index (χ1) is 24.9. The van der Waals surface area contributed by atoms with E-state index in [9.17, 15) is 9.18 Å². The Morgan fingerprint density at radius 2 is 1.86 bits per heavy atom. The van der Waals surface area contributed by atoms with Crippen molar-refractivity contribution in [2.24, 2.45) is 7.05 Å². The number of nitrogens with zero attached hydrogens (tertiary/aromatic N) is 4. The topological polar surface area (TPSA) is 80.0 Å². The Kier molecular flexibility index (Phi) is 10.9. The van der Waals surface area contributed by atoms with Crippen LogP contribution in [-0.2, 0) is 34.2 Å². The van der Waals surface area contributed by atoms with E-state index < -0.39 is 0 Å². The molecule has 0 N–H and O–H groups in total. The van der Waals surface area contributed by atoms with Gasteiger partial charge in [-0.1, -0.05) is 29.8 Å². The number of rotatable bonds is 10. The van der Waals surface area contributed by atoms with Gasteiger partial charge < -0.3 is 23.5 Å². The highest BCUT2D eigenvalue weighted by molar-refractivity contribution is 6.35. The Balaban J connectivity index is 1.29. The molecule has 1 unspecified atom stereocenters. The second kappa shape index (κ2) is 15.7. The van der Waals surface area contributed by atoms with Crippen LogP contribution in [0.2, 0.25) is 5.02 Å². The molecule has 0 spiro atoms. The Morgan fingerprint density at radius 3 is 2.69 bits per heavy atom. The largest absolute Gasteiger partial charge is 0.493 e. The third-order valence-electron chi connectivity index (χ3n) is 10.2. The van der Waals surface area contributed by atoms with Crippen LogP contribution in [0.15, 0.2) is 48.5 Å². The lowest BCUT2D eigenvalue weighted by Crippen LogP contribution is -2.37. The number of morpholine rings is 1. The van der Waals surface area contributed by atoms with E-state index in [2.05, 4.69) is 16.4 Å². The summed E-state index contributed by atoms with van der Waals surface area (Å²) < 4.78 is 42.1. The number of halogens is 2. The molecule has 2 aliphatic rings. The summed E-state index contributed by atoms with van der Waals surface area (Å²) in [6.45, 7) is 9.96. The van der Waals surface area contributed by atoms with E-state index in [1.807, 2.05) is 49.0 Å². The number of ether oxygens (including phenoxy) is 4. The predicted molar refractivity (Wildman–Crippen MR) is 197 cm³/mol. The van der Waals surface area contributed by atoms with Crippen molar-refractivity contribution in [3.8, 4) is 16.9 Å². The Bertz CT molecular complexity index is 2030. The first kappa shape index (κ1) is 35.4. The summed E-state index contributed by atoms with van der Waals surface area (Å²) in [6.07, 6.45) is 3.45. The molecule has 0 aliphatic carbocycles. The molecular weight excluding hydrogens is 671 g/mol. The Hall–Kier alpha value is -3.96. The van der Waals surface area contributed by atoms with Crippen molar-refractivity contribution >= 4 is 39.2 Å². The smallest absolute Gasteiger partial charge is 0.355 e. The summed E-state index contributed by atoms with van der Waals surface area (Å²) in [5.41, 5.74) is 6.08. The number of hydrogen-bond acceptors (Lipinski definition) is 7. The standard InChI is InChI=1S/C40H46ClFN4O5/c1-4-49-40(47)39-30(10-8-22-50-33-11-7-9-27-25-28(42)12-13-29(27)33)31-14-15-32(41)36-35-26(2)44(3)43-37(35)34(16-18-45-19-23-48-24-20-45)51-21-6-5-17-46(39)38(31)36/h7,9,11-15,25,34H,4-6,8,10,16-24H2,1-3H3. The van der Waals surface area contributed by atoms with Crippen molar-refractivity contribution < 1.29 is 28.1 Å². The maximum absolute atomic E-state index is 13.9. The van der Waals surface area contributed by atoms with Gasteiger partial charge >= 0.3 is 5.97 Å². The van der Waals surface area contributed by atoms with E-state index in [4.69, 9.17) is 35.6 Å². The van der Waals surface area contributed by atoms with E-state index in [-0.39, 0.29) is 24.5 Å². The summed E-state index contributed by atoms with van der Waals surface area (Å²) in [6, 6.07) is 14.3. The first-order valence-electron chi connectivity index (χ1n) is 18.1. The van der Waals surface area contributed by atoms with Crippen LogP contribution in [0.5, 0.6) is 5.75 Å². The molecule has 0 bridgehead atoms. The zero-order chi connectivity index (χ0) is 35.5. The molecule has 2 aromatic heterocycles. The summed E-state index contributed by atoms with van der Waals surface area (Å²) >= 11 is 7.21. The van der Waals surface area contributed by atoms with Crippen LogP contribution < -0.4 is 4.74 Å². The SMILES string of the molecule is CCOC(=O)c1c(CCCOc2cccc3cc(F)ccc23)c2ccc(Cl)c3c2n1CCCCOC(CCN1CCOCC1)c1nn(C)c(C)c1-3. The monoisotopic (exact) mass is 716 g/mol. The van der Waals surface area contributed by atoms with Gasteiger partial charge in [-0.2, -0.15) is 5.10 Å². The molecule has 1 fully saturated rings. The Labute approximate surface area is 303 Å². The molecule has 0 amide bonds. The average Bonchev–Trinajstić information content (AvgIpc) is 3.59. The van der Waals surface area contributed by atoms with Gasteiger partial charge in [0.2, 0.25) is 0 Å². The molecule has 0 radical (unpaired) electrons. The fraction of sp³-hybridized carbons (Fsp3) is 0.450. The predicted octanol–water partition coefficient (Wildman–Crippen LogP) is 8.06. The maximum Gasteiger partial charge on any atom is 0.355 e. The number of carbonyl (C=O) groups is 1. The van der Waals surface area contributed by atoms with Gasteiger partial charge in [-0.25, -0.2) is 9.18 Å². The highest BCUT2D eigenvalue weighted by Crippen LogP contribution is 2.45. The number of aryl methyl sites for hydroxylation is 3. The van der Waals surface area contributed by atoms with Crippen LogP contribution in [0.4, 0.5) is 4.39 Å². The minimum absolute atomic E-state index is 0.220. The molecule has 11 heteroatoms. The molecule has 0 saturated carbocycles. The summed E-state index contributed by atoms with van der Waals surface area (Å²) in [5.74, 6) is 0.0760. The summed E-state index contributed by atoms with van der Waals surface area (Å²) in [4.78, 5) is 16.3. The molecule has 2 aliphatic heterocycles. The van der Waals surface area contributed by atoms with Crippen LogP contribution in [0, 0.1) is 12.7 Å². The highest BCUT2D eigenvalue weighted by atomic mass is 35.5. The van der Waals surface area contributed by atoms with Crippen molar-refractivity contribution in [3.05, 3.63) is 82.0 Å². The van der Waals surface area contributed by atoms with E-state index >= 15 is 0 Å². The molecular formula is C40H46ClFN4O5. The molecule has 1 atom stereocenters. The highest BCUT2D eigenvalue weighted by Gasteiger charge is 2.32. The van der Waals surface area contributed by atoms with Gasteiger partial charge in [0, 0.05) is 67.4 Å². The fourth-order valence-electron chi connectivity index (χ4n) is 7.61. The minimum Gasteiger partial charge on any atom is -0.493 e. The van der Waals surface area contributed by atoms with Crippen LogP contribution in [-0.4, -0.2) is 77.9 Å². The lowest BCUT2D eigenvalue weighted by atomic mass is 9.95. The average molecular weight is 717 g/mol. The number of aromatic nitrogens is 3. The summed E-state index contributed by atoms with van der Waals surface area (Å²) in [5, 5.41) is 8.28. The van der Waals surface area contributed by atoms with E-state index in [0.29, 0.717) is 49.1 Å². The van der Waals surface area contributed by atoms with Crippen molar-refractivity contribution in [2.75, 3.05) is 52.7 Å². The molecule has 1 saturated heterocycles. The fourth-order valence-corrected chi connectivity index (χ4v) is 7.86. The van der Waals surface area contributed by atoms with E-state index in [1.54, 1.807) is 6.07 Å². The number of fused-ring (bicyclic) bond motifs is 3. The molecule has 5 aromatic rings. The van der Waals surface area contributed by atoms with Crippen molar-refractivity contribution in [1.82, 2.24) is 19.2 Å². The molecule has 51 heavy (non-hydrogen) atoms. The van der Waals surface area contributed by atoms with Gasteiger partial charge in [-0.15, -0.1) is 0 Å². The number of esters is 1. The molecule has 270 valence electrons. The van der Waals surface area contributed by atoms with Crippen molar-refractivity contribution in [2.45, 2.75) is 58.6 Å². The maximum atomic E-state index is 13.9. The van der Waals surface area contributed by atoms with Crippen molar-refractivity contribution in [3.63, 3.8) is 0 Å². The lowest BCUT2D eigenvalue weighted by Gasteiger charge is -2.28. The third-order valence-corrected chi connectivity index (χ3v) is 10.5. The van der Waals surface area contributed by atoms with E-state index in [0.717, 1.165) is 102 Å². The number of benzene rings is 3. The number of carbonyl (C=O) groups excluding carboxylic acids is 1.